The summed E-state index contributed by atoms with van der Waals surface area (Å²) in [6, 6.07) is 10.1. The number of carbonyl (C=O) groups excluding carboxylic acids is 2. The number of carbonyl (C=O) groups is 2. The largest absolute Gasteiger partial charge is 0.348 e. The maximum Gasteiger partial charge on any atom is 0.274 e. The number of hydrogen-bond acceptors (Lipinski definition) is 3. The molecule has 0 spiro atoms. The van der Waals surface area contributed by atoms with Crippen molar-refractivity contribution in [2.75, 3.05) is 5.32 Å². The Morgan fingerprint density at radius 1 is 1.12 bits per heavy atom. The third-order valence-electron chi connectivity index (χ3n) is 3.72. The van der Waals surface area contributed by atoms with Crippen LogP contribution in [0.4, 0.5) is 5.69 Å². The van der Waals surface area contributed by atoms with Gasteiger partial charge in [-0.25, -0.2) is 4.98 Å². The molecule has 2 rings (SSSR count). The van der Waals surface area contributed by atoms with Gasteiger partial charge in [0, 0.05) is 16.8 Å². The number of anilines is 1. The van der Waals surface area contributed by atoms with E-state index in [1.165, 1.54) is 0 Å². The minimum atomic E-state index is -0.390. The van der Waals surface area contributed by atoms with E-state index >= 15 is 0 Å². The van der Waals surface area contributed by atoms with Crippen molar-refractivity contribution in [1.29, 1.82) is 0 Å². The van der Waals surface area contributed by atoms with Gasteiger partial charge in [0.05, 0.1) is 0 Å². The molecular formula is C18H20ClN3O2. The molecule has 0 saturated heterocycles. The van der Waals surface area contributed by atoms with E-state index in [1.54, 1.807) is 36.4 Å². The molecule has 6 heteroatoms. The number of rotatable bonds is 5. The molecule has 1 aromatic heterocycles. The van der Waals surface area contributed by atoms with Gasteiger partial charge in [-0.3, -0.25) is 9.59 Å². The summed E-state index contributed by atoms with van der Waals surface area (Å²) in [6.45, 7) is 5.72. The Hall–Kier alpha value is -2.40. The zero-order chi connectivity index (χ0) is 17.7. The lowest BCUT2D eigenvalue weighted by molar-refractivity contribution is 0.0934. The Balaban J connectivity index is 2.17. The molecule has 1 atom stereocenters. The predicted molar refractivity (Wildman–Crippen MR) is 95.6 cm³/mol. The highest BCUT2D eigenvalue weighted by Crippen LogP contribution is 2.23. The van der Waals surface area contributed by atoms with Crippen LogP contribution < -0.4 is 10.6 Å². The second-order valence-electron chi connectivity index (χ2n) is 5.56. The van der Waals surface area contributed by atoms with Gasteiger partial charge >= 0.3 is 0 Å². The van der Waals surface area contributed by atoms with Crippen LogP contribution in [0, 0.1) is 6.92 Å². The summed E-state index contributed by atoms with van der Waals surface area (Å²) in [4.78, 5) is 28.7. The summed E-state index contributed by atoms with van der Waals surface area (Å²) in [5.74, 6) is -0.684. The molecule has 2 aromatic rings. The number of hydrogen-bond donors (Lipinski definition) is 2. The van der Waals surface area contributed by atoms with E-state index in [9.17, 15) is 9.59 Å². The van der Waals surface area contributed by atoms with Crippen LogP contribution in [-0.4, -0.2) is 22.8 Å². The molecule has 2 amide bonds. The van der Waals surface area contributed by atoms with Crippen molar-refractivity contribution in [1.82, 2.24) is 10.3 Å². The fourth-order valence-electron chi connectivity index (χ4n) is 2.02. The number of halogens is 1. The van der Waals surface area contributed by atoms with Crippen LogP contribution in [0.1, 0.15) is 46.8 Å². The number of pyridine rings is 1. The Bertz CT molecular complexity index is 762. The summed E-state index contributed by atoms with van der Waals surface area (Å²) in [7, 11) is 0. The normalized spacial score (nSPS) is 11.7. The van der Waals surface area contributed by atoms with Crippen LogP contribution >= 0.6 is 11.6 Å². The van der Waals surface area contributed by atoms with Crippen LogP contribution in [0.25, 0.3) is 0 Å². The van der Waals surface area contributed by atoms with Crippen molar-refractivity contribution in [3.63, 3.8) is 0 Å². The number of nitrogens with zero attached hydrogens (tertiary/aromatic N) is 1. The first-order valence-electron chi connectivity index (χ1n) is 7.76. The van der Waals surface area contributed by atoms with Gasteiger partial charge in [-0.05, 0) is 50.1 Å². The SMILES string of the molecule is CCC(C)NC(=O)c1cccc(C(=O)Nc2cccc(Cl)c2C)n1. The van der Waals surface area contributed by atoms with E-state index in [4.69, 9.17) is 11.6 Å². The van der Waals surface area contributed by atoms with Crippen molar-refractivity contribution >= 4 is 29.1 Å². The maximum absolute atomic E-state index is 12.4. The molecule has 0 aliphatic rings. The summed E-state index contributed by atoms with van der Waals surface area (Å²) >= 11 is 6.05. The van der Waals surface area contributed by atoms with Gasteiger partial charge in [0.2, 0.25) is 0 Å². The number of aromatic nitrogens is 1. The quantitative estimate of drug-likeness (QED) is 0.865. The van der Waals surface area contributed by atoms with Crippen LogP contribution in [0.5, 0.6) is 0 Å². The molecule has 0 radical (unpaired) electrons. The standard InChI is InChI=1S/C18H20ClN3O2/c1-4-11(2)20-17(23)15-9-6-10-16(21-15)18(24)22-14-8-5-7-13(19)12(14)3/h5-11H,4H2,1-3H3,(H,20,23)(H,22,24). The average molecular weight is 346 g/mol. The molecule has 0 aliphatic heterocycles. The average Bonchev–Trinajstić information content (AvgIpc) is 2.58. The van der Waals surface area contributed by atoms with Crippen LogP contribution in [0.3, 0.4) is 0 Å². The fourth-order valence-corrected chi connectivity index (χ4v) is 2.19. The first kappa shape index (κ1) is 17.9. The molecule has 1 heterocycles. The van der Waals surface area contributed by atoms with E-state index in [0.29, 0.717) is 10.7 Å². The molecule has 0 fully saturated rings. The van der Waals surface area contributed by atoms with Gasteiger partial charge < -0.3 is 10.6 Å². The van der Waals surface area contributed by atoms with Crippen LogP contribution in [0.2, 0.25) is 5.02 Å². The second-order valence-corrected chi connectivity index (χ2v) is 5.96. The molecule has 126 valence electrons. The monoisotopic (exact) mass is 345 g/mol. The topological polar surface area (TPSA) is 71.1 Å². The van der Waals surface area contributed by atoms with Crippen molar-refractivity contribution in [2.24, 2.45) is 0 Å². The lowest BCUT2D eigenvalue weighted by Gasteiger charge is -2.12. The summed E-state index contributed by atoms with van der Waals surface area (Å²) in [5.41, 5.74) is 1.78. The number of nitrogens with one attached hydrogen (secondary N) is 2. The van der Waals surface area contributed by atoms with Gasteiger partial charge in [0.15, 0.2) is 0 Å². The third-order valence-corrected chi connectivity index (χ3v) is 4.13. The molecule has 1 aromatic carbocycles. The second kappa shape index (κ2) is 7.93. The Morgan fingerprint density at radius 3 is 2.42 bits per heavy atom. The highest BCUT2D eigenvalue weighted by Gasteiger charge is 2.14. The third kappa shape index (κ3) is 4.32. The van der Waals surface area contributed by atoms with Gasteiger partial charge in [-0.2, -0.15) is 0 Å². The van der Waals surface area contributed by atoms with E-state index < -0.39 is 5.91 Å². The summed E-state index contributed by atoms with van der Waals surface area (Å²) in [5, 5.41) is 6.17. The smallest absolute Gasteiger partial charge is 0.274 e. The van der Waals surface area contributed by atoms with Gasteiger partial charge in [-0.1, -0.05) is 30.7 Å². The van der Waals surface area contributed by atoms with Gasteiger partial charge in [0.25, 0.3) is 11.8 Å². The van der Waals surface area contributed by atoms with E-state index in [0.717, 1.165) is 12.0 Å². The van der Waals surface area contributed by atoms with Crippen LogP contribution in [0.15, 0.2) is 36.4 Å². The minimum Gasteiger partial charge on any atom is -0.348 e. The van der Waals surface area contributed by atoms with Crippen molar-refractivity contribution in [2.45, 2.75) is 33.2 Å². The first-order valence-corrected chi connectivity index (χ1v) is 8.14. The molecule has 0 saturated carbocycles. The van der Waals surface area contributed by atoms with Crippen LogP contribution in [-0.2, 0) is 0 Å². The molecule has 5 nitrogen and oxygen atoms in total. The zero-order valence-corrected chi connectivity index (χ0v) is 14.6. The van der Waals surface area contributed by atoms with Gasteiger partial charge in [-0.15, -0.1) is 0 Å². The Labute approximate surface area is 146 Å². The maximum atomic E-state index is 12.4. The highest BCUT2D eigenvalue weighted by molar-refractivity contribution is 6.31. The van der Waals surface area contributed by atoms with E-state index in [1.807, 2.05) is 20.8 Å². The number of benzene rings is 1. The molecule has 0 aliphatic carbocycles. The predicted octanol–water partition coefficient (Wildman–Crippen LogP) is 3.82. The fraction of sp³-hybridized carbons (Fsp3) is 0.278. The number of amides is 2. The molecule has 24 heavy (non-hydrogen) atoms. The molecule has 1 unspecified atom stereocenters. The lowest BCUT2D eigenvalue weighted by atomic mass is 10.2. The lowest BCUT2D eigenvalue weighted by Crippen LogP contribution is -2.32. The minimum absolute atomic E-state index is 0.0471. The molecule has 0 bridgehead atoms. The van der Waals surface area contributed by atoms with Crippen molar-refractivity contribution < 1.29 is 9.59 Å². The first-order chi connectivity index (χ1) is 11.4. The Kier molecular flexibility index (Phi) is 5.93. The van der Waals surface area contributed by atoms with Crippen molar-refractivity contribution in [3.8, 4) is 0 Å². The van der Waals surface area contributed by atoms with Gasteiger partial charge in [0.1, 0.15) is 11.4 Å². The Morgan fingerprint density at radius 2 is 1.75 bits per heavy atom. The van der Waals surface area contributed by atoms with E-state index in [2.05, 4.69) is 15.6 Å². The molecule has 2 N–H and O–H groups in total. The molecular weight excluding hydrogens is 326 g/mol. The van der Waals surface area contributed by atoms with Crippen molar-refractivity contribution in [3.05, 3.63) is 58.4 Å². The summed E-state index contributed by atoms with van der Waals surface area (Å²) in [6.07, 6.45) is 0.819. The zero-order valence-electron chi connectivity index (χ0n) is 13.9. The van der Waals surface area contributed by atoms with E-state index in [-0.39, 0.29) is 23.3 Å². The highest BCUT2D eigenvalue weighted by atomic mass is 35.5. The summed E-state index contributed by atoms with van der Waals surface area (Å²) < 4.78 is 0.